The van der Waals surface area contributed by atoms with Crippen LogP contribution < -0.4 is 4.90 Å². The molecule has 0 aliphatic carbocycles. The minimum absolute atomic E-state index is 0.0505. The second kappa shape index (κ2) is 8.94. The van der Waals surface area contributed by atoms with Crippen LogP contribution in [0.1, 0.15) is 44.9 Å². The van der Waals surface area contributed by atoms with E-state index in [0.717, 1.165) is 37.3 Å². The van der Waals surface area contributed by atoms with Gasteiger partial charge in [-0.05, 0) is 44.9 Å². The van der Waals surface area contributed by atoms with Gasteiger partial charge in [-0.25, -0.2) is 4.79 Å². The number of aryl methyl sites for hydroxylation is 1. The molecule has 0 bridgehead atoms. The number of Topliss-reactive ketones (excluding diaryl/α,β-unsaturated/α-hetero) is 1. The Bertz CT molecular complexity index is 1000. The maximum atomic E-state index is 12.5. The number of rotatable bonds is 8. The number of nitro benzene ring substituents is 1. The molecule has 0 radical (unpaired) electrons. The third-order valence-electron chi connectivity index (χ3n) is 5.37. The number of allylic oxidation sites excluding steroid dienone is 1. The number of anilines is 1. The number of ether oxygens (including phenoxy) is 1. The zero-order valence-electron chi connectivity index (χ0n) is 17.2. The molecule has 0 unspecified atom stereocenters. The van der Waals surface area contributed by atoms with Crippen LogP contribution >= 0.6 is 0 Å². The van der Waals surface area contributed by atoms with Gasteiger partial charge in [0.2, 0.25) is 5.78 Å². The normalized spacial score (nSPS) is 13.3. The van der Waals surface area contributed by atoms with Gasteiger partial charge in [0.1, 0.15) is 5.69 Å². The van der Waals surface area contributed by atoms with Crippen LogP contribution in [0.3, 0.4) is 0 Å². The molecule has 1 aliphatic rings. The van der Waals surface area contributed by atoms with E-state index in [-0.39, 0.29) is 17.0 Å². The Morgan fingerprint density at radius 2 is 1.93 bits per heavy atom. The van der Waals surface area contributed by atoms with Gasteiger partial charge in [0.15, 0.2) is 6.61 Å². The van der Waals surface area contributed by atoms with E-state index in [0.29, 0.717) is 17.8 Å². The van der Waals surface area contributed by atoms with Crippen LogP contribution in [-0.2, 0) is 11.3 Å². The van der Waals surface area contributed by atoms with Crippen molar-refractivity contribution in [3.8, 4) is 0 Å². The molecule has 30 heavy (non-hydrogen) atoms. The first-order valence-electron chi connectivity index (χ1n) is 9.84. The first-order chi connectivity index (χ1) is 14.3. The lowest BCUT2D eigenvalue weighted by atomic mass is 10.1. The van der Waals surface area contributed by atoms with Gasteiger partial charge < -0.3 is 14.2 Å². The van der Waals surface area contributed by atoms with E-state index in [9.17, 15) is 19.7 Å². The fourth-order valence-corrected chi connectivity index (χ4v) is 3.81. The fraction of sp³-hybridized carbons (Fsp3) is 0.364. The van der Waals surface area contributed by atoms with Crippen LogP contribution in [0.5, 0.6) is 0 Å². The van der Waals surface area contributed by atoms with Crippen molar-refractivity contribution in [3.63, 3.8) is 0 Å². The molecule has 1 saturated heterocycles. The van der Waals surface area contributed by atoms with Gasteiger partial charge in [-0.2, -0.15) is 0 Å². The molecule has 0 atom stereocenters. The van der Waals surface area contributed by atoms with Gasteiger partial charge in [-0.3, -0.25) is 14.9 Å². The van der Waals surface area contributed by atoms with E-state index < -0.39 is 17.5 Å². The van der Waals surface area contributed by atoms with E-state index in [2.05, 4.69) is 6.58 Å². The van der Waals surface area contributed by atoms with E-state index in [1.807, 2.05) is 23.3 Å². The van der Waals surface area contributed by atoms with Crippen molar-refractivity contribution in [2.75, 3.05) is 24.6 Å². The second-order valence-electron chi connectivity index (χ2n) is 7.34. The topological polar surface area (TPSA) is 94.7 Å². The van der Waals surface area contributed by atoms with Gasteiger partial charge in [-0.15, -0.1) is 6.58 Å². The van der Waals surface area contributed by atoms with Crippen LogP contribution in [0.25, 0.3) is 0 Å². The molecule has 158 valence electrons. The highest BCUT2D eigenvalue weighted by atomic mass is 16.6. The number of nitrogens with zero attached hydrogens (tertiary/aromatic N) is 3. The quantitative estimate of drug-likeness (QED) is 0.215. The standard InChI is InChI=1S/C22H25N3O5/c1-4-9-24-15(2)12-18(16(24)3)21(26)14-30-22(27)17-7-8-19(20(13-17)25(28)29)23-10-5-6-11-23/h4,7-8,12-13H,1,5-6,9-11,14H2,2-3H3. The van der Waals surface area contributed by atoms with Gasteiger partial charge in [0.05, 0.1) is 10.5 Å². The van der Waals surface area contributed by atoms with Crippen LogP contribution in [0.15, 0.2) is 36.9 Å². The lowest BCUT2D eigenvalue weighted by Gasteiger charge is -2.17. The van der Waals surface area contributed by atoms with Crippen molar-refractivity contribution in [2.24, 2.45) is 0 Å². The largest absolute Gasteiger partial charge is 0.454 e. The van der Waals surface area contributed by atoms with Gasteiger partial charge >= 0.3 is 5.97 Å². The van der Waals surface area contributed by atoms with Crippen LogP contribution in [0.2, 0.25) is 0 Å². The molecule has 8 nitrogen and oxygen atoms in total. The summed E-state index contributed by atoms with van der Waals surface area (Å²) in [6, 6.07) is 6.05. The Morgan fingerprint density at radius 1 is 1.23 bits per heavy atom. The number of benzene rings is 1. The van der Waals surface area contributed by atoms with Gasteiger partial charge in [0.25, 0.3) is 5.69 Å². The summed E-state index contributed by atoms with van der Waals surface area (Å²) in [5, 5.41) is 11.5. The Hall–Kier alpha value is -3.42. The molecule has 2 aromatic rings. The molecule has 3 rings (SSSR count). The molecule has 0 saturated carbocycles. The predicted molar refractivity (Wildman–Crippen MR) is 113 cm³/mol. The third kappa shape index (κ3) is 4.27. The molecule has 1 aromatic heterocycles. The highest BCUT2D eigenvalue weighted by molar-refractivity contribution is 6.00. The number of esters is 1. The molecular weight excluding hydrogens is 386 g/mol. The first kappa shape index (κ1) is 21.3. The number of nitro groups is 1. The molecule has 0 amide bonds. The third-order valence-corrected chi connectivity index (χ3v) is 5.37. The summed E-state index contributed by atoms with van der Waals surface area (Å²) in [5.74, 6) is -1.09. The Morgan fingerprint density at radius 3 is 2.57 bits per heavy atom. The Kier molecular flexibility index (Phi) is 6.34. The molecule has 2 heterocycles. The SMILES string of the molecule is C=CCn1c(C)cc(C(=O)COC(=O)c2ccc(N3CCCC3)c([N+](=O)[O-])c2)c1C. The summed E-state index contributed by atoms with van der Waals surface area (Å²) in [7, 11) is 0. The molecule has 1 fully saturated rings. The van der Waals surface area contributed by atoms with E-state index in [1.165, 1.54) is 12.1 Å². The number of hydrogen-bond acceptors (Lipinski definition) is 6. The second-order valence-corrected chi connectivity index (χ2v) is 7.34. The number of carbonyl (C=O) groups is 2. The van der Waals surface area contributed by atoms with Crippen molar-refractivity contribution in [2.45, 2.75) is 33.2 Å². The Balaban J connectivity index is 1.72. The number of ketones is 1. The number of aromatic nitrogens is 1. The maximum absolute atomic E-state index is 12.5. The highest BCUT2D eigenvalue weighted by Crippen LogP contribution is 2.31. The number of carbonyl (C=O) groups excluding carboxylic acids is 2. The highest BCUT2D eigenvalue weighted by Gasteiger charge is 2.25. The van der Waals surface area contributed by atoms with Crippen molar-refractivity contribution >= 4 is 23.1 Å². The minimum Gasteiger partial charge on any atom is -0.454 e. The summed E-state index contributed by atoms with van der Waals surface area (Å²) in [5.41, 5.74) is 2.59. The fourth-order valence-electron chi connectivity index (χ4n) is 3.81. The minimum atomic E-state index is -0.765. The van der Waals surface area contributed by atoms with Crippen molar-refractivity contribution in [1.82, 2.24) is 4.57 Å². The molecule has 0 spiro atoms. The van der Waals surface area contributed by atoms with Crippen LogP contribution in [0.4, 0.5) is 11.4 Å². The summed E-state index contributed by atoms with van der Waals surface area (Å²) < 4.78 is 7.10. The van der Waals surface area contributed by atoms with Crippen LogP contribution in [0, 0.1) is 24.0 Å². The van der Waals surface area contributed by atoms with E-state index in [4.69, 9.17) is 4.74 Å². The summed E-state index contributed by atoms with van der Waals surface area (Å²) >= 11 is 0. The molecule has 0 N–H and O–H groups in total. The smallest absolute Gasteiger partial charge is 0.338 e. The van der Waals surface area contributed by atoms with Gasteiger partial charge in [-0.1, -0.05) is 6.08 Å². The van der Waals surface area contributed by atoms with Gasteiger partial charge in [0, 0.05) is 42.7 Å². The number of hydrogen-bond donors (Lipinski definition) is 0. The Labute approximate surface area is 174 Å². The summed E-state index contributed by atoms with van der Waals surface area (Å²) in [6.45, 7) is 9.08. The summed E-state index contributed by atoms with van der Waals surface area (Å²) in [4.78, 5) is 37.9. The molecule has 1 aromatic carbocycles. The van der Waals surface area contributed by atoms with Crippen molar-refractivity contribution in [1.29, 1.82) is 0 Å². The predicted octanol–water partition coefficient (Wildman–Crippen LogP) is 3.84. The van der Waals surface area contributed by atoms with E-state index in [1.54, 1.807) is 18.2 Å². The maximum Gasteiger partial charge on any atom is 0.338 e. The average molecular weight is 411 g/mol. The molecular formula is C22H25N3O5. The molecule has 8 heteroatoms. The zero-order valence-corrected chi connectivity index (χ0v) is 17.2. The average Bonchev–Trinajstić information content (AvgIpc) is 3.35. The first-order valence-corrected chi connectivity index (χ1v) is 9.84. The monoisotopic (exact) mass is 411 g/mol. The summed E-state index contributed by atoms with van der Waals surface area (Å²) in [6.07, 6.45) is 3.71. The van der Waals surface area contributed by atoms with Crippen LogP contribution in [-0.4, -0.2) is 40.9 Å². The lowest BCUT2D eigenvalue weighted by molar-refractivity contribution is -0.384. The van der Waals surface area contributed by atoms with Crippen molar-refractivity contribution in [3.05, 3.63) is 69.5 Å². The molecule has 1 aliphatic heterocycles. The lowest BCUT2D eigenvalue weighted by Crippen LogP contribution is -2.19. The van der Waals surface area contributed by atoms with Crippen molar-refractivity contribution < 1.29 is 19.2 Å². The van der Waals surface area contributed by atoms with E-state index >= 15 is 0 Å². The zero-order chi connectivity index (χ0) is 21.8.